The Kier molecular flexibility index (Phi) is 5.19. The number of nitrogens with zero attached hydrogens (tertiary/aromatic N) is 2. The molecule has 2 aromatic heterocycles. The van der Waals surface area contributed by atoms with Gasteiger partial charge in [-0.05, 0) is 18.4 Å². The zero-order chi connectivity index (χ0) is 14.5. The van der Waals surface area contributed by atoms with Crippen molar-refractivity contribution in [3.63, 3.8) is 0 Å². The third-order valence-electron chi connectivity index (χ3n) is 2.70. The highest BCUT2D eigenvalue weighted by atomic mass is 32.2. The monoisotopic (exact) mass is 310 g/mol. The van der Waals surface area contributed by atoms with E-state index >= 15 is 0 Å². The van der Waals surface area contributed by atoms with Crippen molar-refractivity contribution in [2.75, 3.05) is 0 Å². The summed E-state index contributed by atoms with van der Waals surface area (Å²) in [5.41, 5.74) is 0. The topological polar surface area (TPSA) is 70.7 Å². The van der Waals surface area contributed by atoms with Crippen LogP contribution in [0.2, 0.25) is 0 Å². The Hall–Kier alpha value is -1.34. The fraction of sp³-hybridized carbons (Fsp3) is 0.462. The van der Waals surface area contributed by atoms with Crippen LogP contribution in [0, 0.1) is 0 Å². The lowest BCUT2D eigenvalue weighted by atomic mass is 10.2. The van der Waals surface area contributed by atoms with E-state index in [0.29, 0.717) is 17.6 Å². The molecular formula is C13H18N4OS2. The third kappa shape index (κ3) is 4.08. The molecule has 5 nitrogen and oxygen atoms in total. The van der Waals surface area contributed by atoms with Gasteiger partial charge in [0, 0.05) is 10.8 Å². The second-order valence-corrected chi connectivity index (χ2v) is 7.06. The second kappa shape index (κ2) is 6.90. The molecule has 0 spiro atoms. The van der Waals surface area contributed by atoms with Crippen molar-refractivity contribution in [2.45, 2.75) is 43.6 Å². The molecule has 2 rings (SSSR count). The van der Waals surface area contributed by atoms with E-state index in [1.807, 2.05) is 38.3 Å². The Morgan fingerprint density at radius 3 is 2.90 bits per heavy atom. The summed E-state index contributed by atoms with van der Waals surface area (Å²) in [5, 5.41) is 12.3. The summed E-state index contributed by atoms with van der Waals surface area (Å²) in [7, 11) is 0. The first kappa shape index (κ1) is 15.1. The van der Waals surface area contributed by atoms with Crippen LogP contribution in [0.15, 0.2) is 22.7 Å². The minimum absolute atomic E-state index is 0.000651. The number of rotatable bonds is 6. The van der Waals surface area contributed by atoms with Gasteiger partial charge in [-0.3, -0.25) is 9.89 Å². The Morgan fingerprint density at radius 1 is 1.50 bits per heavy atom. The summed E-state index contributed by atoms with van der Waals surface area (Å²) in [5.74, 6) is 1.15. The van der Waals surface area contributed by atoms with Gasteiger partial charge < -0.3 is 5.32 Å². The van der Waals surface area contributed by atoms with Gasteiger partial charge in [-0.25, -0.2) is 4.98 Å². The van der Waals surface area contributed by atoms with Gasteiger partial charge >= 0.3 is 0 Å². The smallest absolute Gasteiger partial charge is 0.233 e. The van der Waals surface area contributed by atoms with Gasteiger partial charge in [0.1, 0.15) is 5.82 Å². The minimum atomic E-state index is -0.217. The molecule has 0 aliphatic heterocycles. The molecule has 2 aromatic rings. The van der Waals surface area contributed by atoms with E-state index in [2.05, 4.69) is 20.5 Å². The van der Waals surface area contributed by atoms with Crippen molar-refractivity contribution in [2.24, 2.45) is 0 Å². The minimum Gasteiger partial charge on any atom is -0.350 e. The lowest BCUT2D eigenvalue weighted by Crippen LogP contribution is -2.30. The zero-order valence-corrected chi connectivity index (χ0v) is 13.3. The van der Waals surface area contributed by atoms with Crippen molar-refractivity contribution in [1.82, 2.24) is 20.5 Å². The number of thioether (sulfide) groups is 1. The molecule has 1 amide bonds. The molecule has 0 fully saturated rings. The van der Waals surface area contributed by atoms with Gasteiger partial charge in [-0.1, -0.05) is 31.7 Å². The first-order valence-corrected chi connectivity index (χ1v) is 8.21. The quantitative estimate of drug-likeness (QED) is 0.805. The number of H-pyrrole nitrogens is 1. The zero-order valence-electron chi connectivity index (χ0n) is 11.7. The summed E-state index contributed by atoms with van der Waals surface area (Å²) >= 11 is 3.00. The van der Waals surface area contributed by atoms with Crippen LogP contribution < -0.4 is 5.32 Å². The first-order chi connectivity index (χ1) is 9.56. The molecule has 1 unspecified atom stereocenters. The normalized spacial score (nSPS) is 12.6. The number of carbonyl (C=O) groups excluding carboxylic acids is 1. The standard InChI is InChI=1S/C13H18N4OS2/c1-8(2)11-15-13(17-16-11)20-9(3)12(18)14-7-10-5-4-6-19-10/h4-6,8-9H,7H2,1-3H3,(H,14,18)(H,15,16,17). The Bertz CT molecular complexity index is 550. The highest BCUT2D eigenvalue weighted by Crippen LogP contribution is 2.21. The average molecular weight is 310 g/mol. The Labute approximate surface area is 126 Å². The van der Waals surface area contributed by atoms with Crippen molar-refractivity contribution < 1.29 is 4.79 Å². The molecule has 0 aliphatic rings. The number of hydrogen-bond donors (Lipinski definition) is 2. The maximum Gasteiger partial charge on any atom is 0.233 e. The molecule has 0 aliphatic carbocycles. The fourth-order valence-electron chi connectivity index (χ4n) is 1.51. The van der Waals surface area contributed by atoms with Gasteiger partial charge in [0.2, 0.25) is 11.1 Å². The van der Waals surface area contributed by atoms with Crippen LogP contribution >= 0.6 is 23.1 Å². The van der Waals surface area contributed by atoms with Gasteiger partial charge in [-0.15, -0.1) is 16.4 Å². The Morgan fingerprint density at radius 2 is 2.30 bits per heavy atom. The predicted octanol–water partition coefficient (Wildman–Crippen LogP) is 2.79. The first-order valence-electron chi connectivity index (χ1n) is 6.45. The summed E-state index contributed by atoms with van der Waals surface area (Å²) in [6, 6.07) is 3.98. The number of thiophene rings is 1. The molecule has 0 radical (unpaired) electrons. The fourth-order valence-corrected chi connectivity index (χ4v) is 2.91. The number of amides is 1. The maximum absolute atomic E-state index is 12.0. The number of aromatic amines is 1. The van der Waals surface area contributed by atoms with E-state index in [0.717, 1.165) is 10.7 Å². The van der Waals surface area contributed by atoms with Crippen molar-refractivity contribution in [3.05, 3.63) is 28.2 Å². The van der Waals surface area contributed by atoms with Gasteiger partial charge in [0.25, 0.3) is 0 Å². The molecule has 108 valence electrons. The van der Waals surface area contributed by atoms with Gasteiger partial charge in [0.05, 0.1) is 11.8 Å². The molecular weight excluding hydrogens is 292 g/mol. The Balaban J connectivity index is 1.83. The van der Waals surface area contributed by atoms with Crippen LogP contribution in [0.4, 0.5) is 0 Å². The molecule has 20 heavy (non-hydrogen) atoms. The van der Waals surface area contributed by atoms with Gasteiger partial charge in [0.15, 0.2) is 0 Å². The lowest BCUT2D eigenvalue weighted by molar-refractivity contribution is -0.120. The molecule has 0 bridgehead atoms. The number of nitrogens with one attached hydrogen (secondary N) is 2. The van der Waals surface area contributed by atoms with Crippen LogP contribution in [0.5, 0.6) is 0 Å². The number of carbonyl (C=O) groups is 1. The second-order valence-electron chi connectivity index (χ2n) is 4.72. The van der Waals surface area contributed by atoms with E-state index < -0.39 is 0 Å². The number of aromatic nitrogens is 3. The molecule has 0 aromatic carbocycles. The van der Waals surface area contributed by atoms with E-state index in [-0.39, 0.29) is 11.2 Å². The van der Waals surface area contributed by atoms with Gasteiger partial charge in [-0.2, -0.15) is 0 Å². The van der Waals surface area contributed by atoms with Crippen LogP contribution in [-0.2, 0) is 11.3 Å². The summed E-state index contributed by atoms with van der Waals surface area (Å²) in [6.45, 7) is 6.53. The molecule has 7 heteroatoms. The number of hydrogen-bond acceptors (Lipinski definition) is 5. The highest BCUT2D eigenvalue weighted by molar-refractivity contribution is 8.00. The molecule has 0 saturated carbocycles. The summed E-state index contributed by atoms with van der Waals surface area (Å²) in [6.07, 6.45) is 0. The predicted molar refractivity (Wildman–Crippen MR) is 82.0 cm³/mol. The van der Waals surface area contributed by atoms with E-state index in [1.165, 1.54) is 11.8 Å². The highest BCUT2D eigenvalue weighted by Gasteiger charge is 2.17. The van der Waals surface area contributed by atoms with Crippen LogP contribution in [0.25, 0.3) is 0 Å². The maximum atomic E-state index is 12.0. The van der Waals surface area contributed by atoms with Crippen LogP contribution in [0.3, 0.4) is 0 Å². The van der Waals surface area contributed by atoms with E-state index in [9.17, 15) is 4.79 Å². The SMILES string of the molecule is CC(Sc1n[nH]c(C(C)C)n1)C(=O)NCc1cccs1. The van der Waals surface area contributed by atoms with Crippen LogP contribution in [-0.4, -0.2) is 26.3 Å². The molecule has 2 heterocycles. The summed E-state index contributed by atoms with van der Waals surface area (Å²) in [4.78, 5) is 17.5. The van der Waals surface area contributed by atoms with Crippen molar-refractivity contribution in [3.8, 4) is 0 Å². The van der Waals surface area contributed by atoms with E-state index in [1.54, 1.807) is 11.3 Å². The summed E-state index contributed by atoms with van der Waals surface area (Å²) < 4.78 is 0. The van der Waals surface area contributed by atoms with Crippen molar-refractivity contribution >= 4 is 29.0 Å². The lowest BCUT2D eigenvalue weighted by Gasteiger charge is -2.09. The third-order valence-corrected chi connectivity index (χ3v) is 4.53. The average Bonchev–Trinajstić information content (AvgIpc) is 3.06. The molecule has 0 saturated heterocycles. The van der Waals surface area contributed by atoms with Crippen LogP contribution in [0.1, 0.15) is 37.4 Å². The molecule has 2 N–H and O–H groups in total. The van der Waals surface area contributed by atoms with Crippen molar-refractivity contribution in [1.29, 1.82) is 0 Å². The largest absolute Gasteiger partial charge is 0.350 e. The molecule has 1 atom stereocenters. The van der Waals surface area contributed by atoms with E-state index in [4.69, 9.17) is 0 Å².